The Bertz CT molecular complexity index is 350. The molecule has 2 rings (SSSR count). The Morgan fingerprint density at radius 3 is 2.56 bits per heavy atom. The molecule has 88 valence electrons. The lowest BCUT2D eigenvalue weighted by atomic mass is 10.4. The molecular formula is C12H19N3S. The van der Waals surface area contributed by atoms with E-state index in [0.717, 1.165) is 24.7 Å². The Morgan fingerprint density at radius 2 is 2.00 bits per heavy atom. The molecule has 1 aromatic heterocycles. The van der Waals surface area contributed by atoms with Crippen LogP contribution in [0, 0.1) is 0 Å². The first-order valence-electron chi connectivity index (χ1n) is 5.78. The van der Waals surface area contributed by atoms with Crippen molar-refractivity contribution in [3.8, 4) is 0 Å². The van der Waals surface area contributed by atoms with Crippen LogP contribution in [0.5, 0.6) is 0 Å². The first-order chi connectivity index (χ1) is 7.78. The van der Waals surface area contributed by atoms with Gasteiger partial charge in [-0.25, -0.2) is 4.98 Å². The summed E-state index contributed by atoms with van der Waals surface area (Å²) in [7, 11) is 0. The standard InChI is InChI=1S/C12H19N3S/c1-3-13-10-5-4-6-11(15-10)14-9-12(16-2)7-8-12/h4-6H,3,7-9H2,1-2H3,(H2,13,14,15). The number of hydrogen-bond donors (Lipinski definition) is 2. The molecule has 1 saturated carbocycles. The molecule has 0 unspecified atom stereocenters. The predicted molar refractivity (Wildman–Crippen MR) is 72.4 cm³/mol. The molecule has 0 aromatic carbocycles. The van der Waals surface area contributed by atoms with Crippen LogP contribution in [0.3, 0.4) is 0 Å². The monoisotopic (exact) mass is 237 g/mol. The molecule has 1 aromatic rings. The van der Waals surface area contributed by atoms with Crippen molar-refractivity contribution >= 4 is 23.4 Å². The highest BCUT2D eigenvalue weighted by molar-refractivity contribution is 8.00. The largest absolute Gasteiger partial charge is 0.370 e. The first-order valence-corrected chi connectivity index (χ1v) is 7.00. The highest BCUT2D eigenvalue weighted by Gasteiger charge is 2.41. The van der Waals surface area contributed by atoms with E-state index < -0.39 is 0 Å². The summed E-state index contributed by atoms with van der Waals surface area (Å²) in [6, 6.07) is 6.05. The van der Waals surface area contributed by atoms with E-state index in [2.05, 4.69) is 28.8 Å². The van der Waals surface area contributed by atoms with Crippen molar-refractivity contribution in [2.24, 2.45) is 0 Å². The van der Waals surface area contributed by atoms with Crippen molar-refractivity contribution in [2.75, 3.05) is 30.0 Å². The predicted octanol–water partition coefficient (Wildman–Crippen LogP) is 2.82. The lowest BCUT2D eigenvalue weighted by molar-refractivity contribution is 0.940. The maximum Gasteiger partial charge on any atom is 0.128 e. The summed E-state index contributed by atoms with van der Waals surface area (Å²) in [4.78, 5) is 4.50. The molecule has 2 N–H and O–H groups in total. The molecule has 1 heterocycles. The van der Waals surface area contributed by atoms with Gasteiger partial charge in [0.15, 0.2) is 0 Å². The number of pyridine rings is 1. The Labute approximate surface area is 101 Å². The van der Waals surface area contributed by atoms with Gasteiger partial charge in [0.25, 0.3) is 0 Å². The fourth-order valence-corrected chi connectivity index (χ4v) is 2.38. The fraction of sp³-hybridized carbons (Fsp3) is 0.583. The maximum atomic E-state index is 4.50. The molecule has 4 heteroatoms. The van der Waals surface area contributed by atoms with Crippen LogP contribution in [0.25, 0.3) is 0 Å². The molecule has 0 aliphatic heterocycles. The minimum atomic E-state index is 0.482. The zero-order valence-corrected chi connectivity index (χ0v) is 10.7. The van der Waals surface area contributed by atoms with E-state index in [-0.39, 0.29) is 0 Å². The second kappa shape index (κ2) is 4.95. The van der Waals surface area contributed by atoms with Crippen molar-refractivity contribution < 1.29 is 0 Å². The second-order valence-electron chi connectivity index (χ2n) is 4.18. The van der Waals surface area contributed by atoms with E-state index in [1.165, 1.54) is 12.8 Å². The number of aromatic nitrogens is 1. The zero-order chi connectivity index (χ0) is 11.4. The van der Waals surface area contributed by atoms with Crippen LogP contribution in [0.1, 0.15) is 19.8 Å². The molecule has 0 bridgehead atoms. The molecule has 0 atom stereocenters. The summed E-state index contributed by atoms with van der Waals surface area (Å²) in [6.45, 7) is 4.01. The minimum Gasteiger partial charge on any atom is -0.370 e. The highest BCUT2D eigenvalue weighted by Crippen LogP contribution is 2.46. The van der Waals surface area contributed by atoms with Crippen LogP contribution in [0.2, 0.25) is 0 Å². The summed E-state index contributed by atoms with van der Waals surface area (Å²) in [5.41, 5.74) is 0. The topological polar surface area (TPSA) is 37.0 Å². The zero-order valence-electron chi connectivity index (χ0n) is 9.92. The molecule has 1 aliphatic rings. The van der Waals surface area contributed by atoms with Crippen molar-refractivity contribution in [1.29, 1.82) is 0 Å². The van der Waals surface area contributed by atoms with Gasteiger partial charge in [0.05, 0.1) is 0 Å². The van der Waals surface area contributed by atoms with Gasteiger partial charge in [0, 0.05) is 17.8 Å². The van der Waals surface area contributed by atoms with Crippen molar-refractivity contribution in [2.45, 2.75) is 24.5 Å². The average Bonchev–Trinajstić information content (AvgIpc) is 3.08. The lowest BCUT2D eigenvalue weighted by Crippen LogP contribution is -2.18. The molecule has 1 aliphatic carbocycles. The van der Waals surface area contributed by atoms with E-state index in [1.807, 2.05) is 30.0 Å². The summed E-state index contributed by atoms with van der Waals surface area (Å²) >= 11 is 1.97. The fourth-order valence-electron chi connectivity index (χ4n) is 1.66. The number of hydrogen-bond acceptors (Lipinski definition) is 4. The maximum absolute atomic E-state index is 4.50. The second-order valence-corrected chi connectivity index (χ2v) is 5.45. The molecule has 0 saturated heterocycles. The molecule has 0 radical (unpaired) electrons. The molecule has 3 nitrogen and oxygen atoms in total. The minimum absolute atomic E-state index is 0.482. The van der Waals surface area contributed by atoms with Crippen molar-refractivity contribution in [3.63, 3.8) is 0 Å². The Balaban J connectivity index is 1.91. The number of nitrogens with zero attached hydrogens (tertiary/aromatic N) is 1. The van der Waals surface area contributed by atoms with Crippen LogP contribution in [-0.4, -0.2) is 29.1 Å². The summed E-state index contributed by atoms with van der Waals surface area (Å²) in [5.74, 6) is 1.92. The third-order valence-corrected chi connectivity index (χ3v) is 4.36. The van der Waals surface area contributed by atoms with Crippen LogP contribution in [-0.2, 0) is 0 Å². The molecule has 1 fully saturated rings. The SMILES string of the molecule is CCNc1cccc(NCC2(SC)CC2)n1. The number of nitrogens with one attached hydrogen (secondary N) is 2. The third-order valence-electron chi connectivity index (χ3n) is 2.94. The smallest absolute Gasteiger partial charge is 0.128 e. The van der Waals surface area contributed by atoms with Gasteiger partial charge < -0.3 is 10.6 Å². The Hall–Kier alpha value is -0.900. The molecule has 0 spiro atoms. The third kappa shape index (κ3) is 2.82. The molecule has 16 heavy (non-hydrogen) atoms. The normalized spacial score (nSPS) is 16.9. The van der Waals surface area contributed by atoms with E-state index >= 15 is 0 Å². The van der Waals surface area contributed by atoms with Gasteiger partial charge in [0.2, 0.25) is 0 Å². The van der Waals surface area contributed by atoms with E-state index in [0.29, 0.717) is 4.75 Å². The van der Waals surface area contributed by atoms with Gasteiger partial charge in [-0.3, -0.25) is 0 Å². The number of thioether (sulfide) groups is 1. The van der Waals surface area contributed by atoms with Gasteiger partial charge in [-0.2, -0.15) is 11.8 Å². The lowest BCUT2D eigenvalue weighted by Gasteiger charge is -2.14. The average molecular weight is 237 g/mol. The van der Waals surface area contributed by atoms with Crippen LogP contribution in [0.15, 0.2) is 18.2 Å². The van der Waals surface area contributed by atoms with E-state index in [9.17, 15) is 0 Å². The molecule has 0 amide bonds. The van der Waals surface area contributed by atoms with Gasteiger partial charge in [-0.15, -0.1) is 0 Å². The summed E-state index contributed by atoms with van der Waals surface area (Å²) in [5, 5.41) is 6.64. The van der Waals surface area contributed by atoms with Crippen molar-refractivity contribution in [1.82, 2.24) is 4.98 Å². The van der Waals surface area contributed by atoms with Gasteiger partial charge in [0.1, 0.15) is 11.6 Å². The number of rotatable bonds is 6. The Kier molecular flexibility index (Phi) is 3.59. The highest BCUT2D eigenvalue weighted by atomic mass is 32.2. The van der Waals surface area contributed by atoms with Gasteiger partial charge in [-0.1, -0.05) is 6.07 Å². The van der Waals surface area contributed by atoms with E-state index in [4.69, 9.17) is 0 Å². The van der Waals surface area contributed by atoms with E-state index in [1.54, 1.807) is 0 Å². The number of anilines is 2. The Morgan fingerprint density at radius 1 is 1.31 bits per heavy atom. The summed E-state index contributed by atoms with van der Waals surface area (Å²) in [6.07, 6.45) is 4.85. The van der Waals surface area contributed by atoms with Crippen molar-refractivity contribution in [3.05, 3.63) is 18.2 Å². The van der Waals surface area contributed by atoms with Crippen LogP contribution < -0.4 is 10.6 Å². The van der Waals surface area contributed by atoms with Crippen LogP contribution in [0.4, 0.5) is 11.6 Å². The van der Waals surface area contributed by atoms with Gasteiger partial charge >= 0.3 is 0 Å². The quantitative estimate of drug-likeness (QED) is 0.798. The molecular weight excluding hydrogens is 218 g/mol. The first kappa shape index (κ1) is 11.6. The van der Waals surface area contributed by atoms with Crippen LogP contribution >= 0.6 is 11.8 Å². The summed E-state index contributed by atoms with van der Waals surface area (Å²) < 4.78 is 0.482. The van der Waals surface area contributed by atoms with Gasteiger partial charge in [-0.05, 0) is 38.2 Å².